The van der Waals surface area contributed by atoms with E-state index in [4.69, 9.17) is 12.8 Å². The van der Waals surface area contributed by atoms with Gasteiger partial charge in [0.05, 0.1) is 0 Å². The zero-order chi connectivity index (χ0) is 29.0. The number of aliphatic hydroxyl groups is 1. The normalized spacial score (nSPS) is 27.7. The number of benzene rings is 4. The molecule has 12 heteroatoms. The summed E-state index contributed by atoms with van der Waals surface area (Å²) in [6, 6.07) is 20.3. The van der Waals surface area contributed by atoms with Crippen molar-refractivity contribution in [3.05, 3.63) is 72.8 Å². The minimum atomic E-state index is -8.24. The summed E-state index contributed by atoms with van der Waals surface area (Å²) >= 11 is -16.5. The van der Waals surface area contributed by atoms with Crippen LogP contribution in [0.1, 0.15) is 0 Å². The molecule has 0 spiro atoms. The molecule has 39 heavy (non-hydrogen) atoms. The quantitative estimate of drug-likeness (QED) is 0.239. The fourth-order valence-electron chi connectivity index (χ4n) is 6.28. The zero-order valence-corrected chi connectivity index (χ0v) is 27.7. The summed E-state index contributed by atoms with van der Waals surface area (Å²) in [5.41, 5.74) is 0.858. The predicted octanol–water partition coefficient (Wildman–Crippen LogP) is -0.428. The predicted molar refractivity (Wildman–Crippen MR) is 154 cm³/mol. The Morgan fingerprint density at radius 1 is 0.590 bits per heavy atom. The van der Waals surface area contributed by atoms with E-state index >= 15 is 6.94 Å². The summed E-state index contributed by atoms with van der Waals surface area (Å²) in [7, 11) is 9.00. The van der Waals surface area contributed by atoms with Crippen molar-refractivity contribution in [2.75, 3.05) is 49.5 Å². The van der Waals surface area contributed by atoms with E-state index < -0.39 is 40.2 Å². The number of quaternary nitrogens is 2. The molecular formula is C27H36N2O8Te2. The van der Waals surface area contributed by atoms with Crippen molar-refractivity contribution in [3.63, 3.8) is 0 Å². The molecule has 0 bridgehead atoms. The van der Waals surface area contributed by atoms with E-state index in [1.54, 1.807) is 36.4 Å². The Balaban J connectivity index is 0.00000151. The molecule has 4 aromatic carbocycles. The molecule has 6 rings (SSSR count). The second kappa shape index (κ2) is 7.31. The van der Waals surface area contributed by atoms with Crippen molar-refractivity contribution in [1.82, 2.24) is 5.47 Å². The third-order valence-electron chi connectivity index (χ3n) is 8.80. The molecule has 2 aliphatic rings. The molecule has 0 radical (unpaired) electrons. The Bertz CT molecular complexity index is 1620. The van der Waals surface area contributed by atoms with Gasteiger partial charge in [-0.1, -0.05) is 0 Å². The standard InChI is InChI=1S/C26H32N2O7Te2.CH4O/c1-27(2)21-15-7-11-19-13-9-17-23(25(19)21)36(27,29,30,33-5)35-37(31,32,34-6)24-18-10-14-20-12-8-16-22(26(20)24)28(37,3)4;1-2/h7-18H,1-6H3,(H2-2,29,30,31,32);2H,1H3. The van der Waals surface area contributed by atoms with Crippen molar-refractivity contribution in [3.8, 4) is 0 Å². The first kappa shape index (κ1) is 29.1. The van der Waals surface area contributed by atoms with Gasteiger partial charge in [0.2, 0.25) is 0 Å². The van der Waals surface area contributed by atoms with Crippen LogP contribution in [0.3, 0.4) is 0 Å². The van der Waals surface area contributed by atoms with Crippen LogP contribution in [0.4, 0.5) is 11.4 Å². The molecule has 0 fully saturated rings. The first-order valence-corrected chi connectivity index (χ1v) is 24.3. The van der Waals surface area contributed by atoms with Crippen LogP contribution < -0.4 is 19.6 Å². The second-order valence-electron chi connectivity index (χ2n) is 10.7. The van der Waals surface area contributed by atoms with E-state index in [0.29, 0.717) is 32.9 Å². The monoisotopic (exact) mass is 776 g/mol. The van der Waals surface area contributed by atoms with Gasteiger partial charge in [0.25, 0.3) is 0 Å². The molecule has 0 aromatic heterocycles. The Labute approximate surface area is 228 Å². The fraction of sp³-hybridized carbons (Fsp3) is 0.259. The van der Waals surface area contributed by atoms with E-state index in [1.165, 1.54) is 40.3 Å². The molecular weight excluding hydrogens is 736 g/mol. The van der Waals surface area contributed by atoms with Gasteiger partial charge in [0.15, 0.2) is 0 Å². The molecule has 0 saturated heterocycles. The van der Waals surface area contributed by atoms with Crippen LogP contribution in [0.5, 0.6) is 0 Å². The number of aliphatic hydroxyl groups excluding tert-OH is 1. The molecule has 0 atom stereocenters. The van der Waals surface area contributed by atoms with E-state index in [0.717, 1.165) is 21.3 Å². The molecule has 0 aliphatic carbocycles. The van der Waals surface area contributed by atoms with E-state index in [1.807, 2.05) is 24.3 Å². The molecule has 3 N–H and O–H groups in total. The first-order chi connectivity index (χ1) is 17.9. The van der Waals surface area contributed by atoms with Crippen molar-refractivity contribution in [1.29, 1.82) is 0 Å². The van der Waals surface area contributed by atoms with Crippen LogP contribution in [0, 0.1) is 0 Å². The molecule has 2 aliphatic heterocycles. The number of rotatable bonds is 4. The third-order valence-corrected chi connectivity index (χ3v) is 45.9. The maximum absolute atomic E-state index is 16.1. The Kier molecular flexibility index (Phi) is 5.45. The van der Waals surface area contributed by atoms with Gasteiger partial charge < -0.3 is 5.11 Å². The van der Waals surface area contributed by atoms with E-state index in [2.05, 4.69) is 0 Å². The van der Waals surface area contributed by atoms with Crippen LogP contribution in [-0.4, -0.2) is 96.3 Å². The fourth-order valence-corrected chi connectivity index (χ4v) is 48.4. The SMILES string of the molecule is CO.CO[Te]1([O-])(O)(O[Te]2([O-])(O)(OC)c3cccc4cccc(c34)[N+]2(C)C)c2cccc3cccc(c23)[N+]1(C)C. The van der Waals surface area contributed by atoms with Gasteiger partial charge in [-0.05, 0) is 0 Å². The summed E-state index contributed by atoms with van der Waals surface area (Å²) in [5, 5.41) is 9.24. The summed E-state index contributed by atoms with van der Waals surface area (Å²) in [4.78, 5) is 0. The molecule has 0 unspecified atom stereocenters. The van der Waals surface area contributed by atoms with Gasteiger partial charge >= 0.3 is 217 Å². The van der Waals surface area contributed by atoms with E-state index in [9.17, 15) is 6.94 Å². The van der Waals surface area contributed by atoms with Gasteiger partial charge in [-0.15, -0.1) is 0 Å². The molecule has 214 valence electrons. The van der Waals surface area contributed by atoms with Crippen molar-refractivity contribution >= 4 is 74.8 Å². The zero-order valence-electron chi connectivity index (χ0n) is 23.0. The molecule has 4 aromatic rings. The second-order valence-corrected chi connectivity index (χ2v) is 36.6. The molecule has 2 heterocycles. The van der Waals surface area contributed by atoms with Crippen molar-refractivity contribution in [2.45, 2.75) is 0 Å². The Morgan fingerprint density at radius 3 is 1.21 bits per heavy atom. The molecule has 0 amide bonds. The number of hydrogen-bond donors (Lipinski definition) is 3. The van der Waals surface area contributed by atoms with Crippen molar-refractivity contribution < 1.29 is 26.7 Å². The molecule has 10 nitrogen and oxygen atoms in total. The Morgan fingerprint density at radius 2 is 0.897 bits per heavy atom. The van der Waals surface area contributed by atoms with Crippen LogP contribution in [0.25, 0.3) is 21.5 Å². The van der Waals surface area contributed by atoms with Gasteiger partial charge in [-0.3, -0.25) is 0 Å². The third kappa shape index (κ3) is 2.65. The van der Waals surface area contributed by atoms with E-state index in [-0.39, 0.29) is 7.22 Å². The summed E-state index contributed by atoms with van der Waals surface area (Å²) in [5.74, 6) is 0. The topological polar surface area (TPSA) is 134 Å². The summed E-state index contributed by atoms with van der Waals surface area (Å²) in [6.07, 6.45) is 0. The maximum atomic E-state index is 16.1. The minimum absolute atomic E-state index is 0.156. The number of nitrogens with zero attached hydrogens (tertiary/aromatic N) is 2. The summed E-state index contributed by atoms with van der Waals surface area (Å²) in [6.45, 7) is 0. The van der Waals surface area contributed by atoms with Crippen LogP contribution in [-0.2, 0) is 7.67 Å². The molecule has 0 saturated carbocycles. The average Bonchev–Trinajstić information content (AvgIpc) is 3.13. The van der Waals surface area contributed by atoms with Gasteiger partial charge in [-0.2, -0.15) is 0 Å². The van der Waals surface area contributed by atoms with Gasteiger partial charge in [0.1, 0.15) is 0 Å². The van der Waals surface area contributed by atoms with Gasteiger partial charge in [0, 0.05) is 7.11 Å². The van der Waals surface area contributed by atoms with Gasteiger partial charge in [-0.25, -0.2) is 0 Å². The van der Waals surface area contributed by atoms with Crippen molar-refractivity contribution in [2.24, 2.45) is 0 Å². The first-order valence-electron chi connectivity index (χ1n) is 12.1. The number of hydrogen-bond acceptors (Lipinski definition) is 8. The Hall–Kier alpha value is -1.42. The average molecular weight is 772 g/mol. The summed E-state index contributed by atoms with van der Waals surface area (Å²) < 4.78 is 74.6. The van der Waals surface area contributed by atoms with Crippen LogP contribution >= 0.6 is 0 Å². The van der Waals surface area contributed by atoms with Crippen LogP contribution in [0.15, 0.2) is 72.8 Å². The van der Waals surface area contributed by atoms with Crippen LogP contribution in [0.2, 0.25) is 0 Å².